The van der Waals surface area contributed by atoms with Gasteiger partial charge in [-0.05, 0) is 24.1 Å². The van der Waals surface area contributed by atoms with Crippen molar-refractivity contribution in [2.75, 3.05) is 18.9 Å². The largest absolute Gasteiger partial charge is 0.399 e. The van der Waals surface area contributed by atoms with Crippen molar-refractivity contribution in [3.8, 4) is 0 Å². The van der Waals surface area contributed by atoms with E-state index in [0.717, 1.165) is 18.6 Å². The molecule has 0 aliphatic heterocycles. The van der Waals surface area contributed by atoms with Crippen molar-refractivity contribution in [2.24, 2.45) is 0 Å². The van der Waals surface area contributed by atoms with Crippen LogP contribution in [0.2, 0.25) is 0 Å². The smallest absolute Gasteiger partial charge is 0.102 e. The molecule has 3 N–H and O–H groups in total. The second kappa shape index (κ2) is 8.09. The fourth-order valence-electron chi connectivity index (χ4n) is 1.64. The Balaban J connectivity index is 2.16. The van der Waals surface area contributed by atoms with Gasteiger partial charge in [0.1, 0.15) is 6.10 Å². The van der Waals surface area contributed by atoms with Crippen LogP contribution in [0.15, 0.2) is 24.3 Å². The minimum absolute atomic E-state index is 0.357. The summed E-state index contributed by atoms with van der Waals surface area (Å²) in [5.41, 5.74) is 7.15. The molecule has 0 spiro atoms. The van der Waals surface area contributed by atoms with Gasteiger partial charge in [-0.2, -0.15) is 0 Å². The van der Waals surface area contributed by atoms with E-state index in [4.69, 9.17) is 10.5 Å². The van der Waals surface area contributed by atoms with E-state index in [-0.39, 0.29) is 0 Å². The van der Waals surface area contributed by atoms with Crippen LogP contribution in [-0.2, 0) is 4.74 Å². The fourth-order valence-corrected chi connectivity index (χ4v) is 1.64. The number of hydrogen-bond donors (Lipinski definition) is 2. The van der Waals surface area contributed by atoms with Gasteiger partial charge in [0, 0.05) is 12.3 Å². The molecule has 0 saturated carbocycles. The molecule has 1 rings (SSSR count). The van der Waals surface area contributed by atoms with E-state index >= 15 is 0 Å². The standard InChI is InChI=1S/C14H23NO2/c1-2-3-4-5-10-17-11-14(16)12-6-8-13(15)9-7-12/h6-9,14,16H,2-5,10-11,15H2,1H3. The normalized spacial score (nSPS) is 12.6. The first-order valence-electron chi connectivity index (χ1n) is 6.35. The van der Waals surface area contributed by atoms with Crippen molar-refractivity contribution in [2.45, 2.75) is 38.7 Å². The first-order chi connectivity index (χ1) is 8.24. The van der Waals surface area contributed by atoms with Gasteiger partial charge in [0.25, 0.3) is 0 Å². The number of aliphatic hydroxyl groups is 1. The van der Waals surface area contributed by atoms with Crippen LogP contribution >= 0.6 is 0 Å². The molecule has 17 heavy (non-hydrogen) atoms. The topological polar surface area (TPSA) is 55.5 Å². The van der Waals surface area contributed by atoms with E-state index in [0.29, 0.717) is 12.3 Å². The maximum atomic E-state index is 9.85. The lowest BCUT2D eigenvalue weighted by Gasteiger charge is -2.11. The molecule has 1 atom stereocenters. The maximum absolute atomic E-state index is 9.85. The highest BCUT2D eigenvalue weighted by Gasteiger charge is 2.06. The average molecular weight is 237 g/mol. The summed E-state index contributed by atoms with van der Waals surface area (Å²) in [7, 11) is 0. The Morgan fingerprint density at radius 2 is 1.88 bits per heavy atom. The van der Waals surface area contributed by atoms with E-state index in [1.54, 1.807) is 12.1 Å². The molecule has 96 valence electrons. The second-order valence-electron chi connectivity index (χ2n) is 4.32. The average Bonchev–Trinajstić information content (AvgIpc) is 2.34. The molecule has 0 heterocycles. The molecule has 0 aromatic heterocycles. The molecule has 0 saturated heterocycles. The summed E-state index contributed by atoms with van der Waals surface area (Å²) in [5, 5.41) is 9.85. The van der Waals surface area contributed by atoms with Crippen molar-refractivity contribution >= 4 is 5.69 Å². The Bertz CT molecular complexity index is 298. The van der Waals surface area contributed by atoms with Crippen LogP contribution in [0.25, 0.3) is 0 Å². The molecule has 1 aromatic rings. The Kier molecular flexibility index (Phi) is 6.67. The van der Waals surface area contributed by atoms with Crippen LogP contribution in [-0.4, -0.2) is 18.3 Å². The van der Waals surface area contributed by atoms with E-state index in [1.165, 1.54) is 19.3 Å². The summed E-state index contributed by atoms with van der Waals surface area (Å²) in [6, 6.07) is 7.25. The molecule has 3 heteroatoms. The molecule has 0 aliphatic carbocycles. The first-order valence-corrected chi connectivity index (χ1v) is 6.35. The summed E-state index contributed by atoms with van der Waals surface area (Å²) in [6.07, 6.45) is 4.20. The molecule has 1 aromatic carbocycles. The highest BCUT2D eigenvalue weighted by atomic mass is 16.5. The monoisotopic (exact) mass is 237 g/mol. The molecule has 3 nitrogen and oxygen atoms in total. The molecule has 0 bridgehead atoms. The number of ether oxygens (including phenoxy) is 1. The lowest BCUT2D eigenvalue weighted by atomic mass is 10.1. The Labute approximate surface area is 104 Å². The van der Waals surface area contributed by atoms with E-state index in [1.807, 2.05) is 12.1 Å². The number of rotatable bonds is 8. The highest BCUT2D eigenvalue weighted by molar-refractivity contribution is 5.39. The first kappa shape index (κ1) is 14.0. The maximum Gasteiger partial charge on any atom is 0.102 e. The van der Waals surface area contributed by atoms with E-state index < -0.39 is 6.10 Å². The minimum atomic E-state index is -0.554. The number of unbranched alkanes of at least 4 members (excludes halogenated alkanes) is 3. The Hall–Kier alpha value is -1.06. The number of anilines is 1. The molecule has 1 unspecified atom stereocenters. The lowest BCUT2D eigenvalue weighted by molar-refractivity contribution is 0.0345. The molecule has 0 radical (unpaired) electrons. The molecular weight excluding hydrogens is 214 g/mol. The van der Waals surface area contributed by atoms with Crippen LogP contribution in [0.5, 0.6) is 0 Å². The third-order valence-electron chi connectivity index (χ3n) is 2.74. The van der Waals surface area contributed by atoms with Crippen LogP contribution < -0.4 is 5.73 Å². The van der Waals surface area contributed by atoms with Crippen molar-refractivity contribution in [1.29, 1.82) is 0 Å². The van der Waals surface area contributed by atoms with E-state index in [9.17, 15) is 5.11 Å². The molecule has 0 aliphatic rings. The van der Waals surface area contributed by atoms with Gasteiger partial charge in [-0.25, -0.2) is 0 Å². The quantitative estimate of drug-likeness (QED) is 0.540. The third-order valence-corrected chi connectivity index (χ3v) is 2.74. The second-order valence-corrected chi connectivity index (χ2v) is 4.32. The number of hydrogen-bond acceptors (Lipinski definition) is 3. The summed E-state index contributed by atoms with van der Waals surface area (Å²) in [6.45, 7) is 3.27. The van der Waals surface area contributed by atoms with Gasteiger partial charge in [-0.1, -0.05) is 38.3 Å². The minimum Gasteiger partial charge on any atom is -0.399 e. The number of nitrogen functional groups attached to an aromatic ring is 1. The summed E-state index contributed by atoms with van der Waals surface area (Å²) >= 11 is 0. The fraction of sp³-hybridized carbons (Fsp3) is 0.571. The summed E-state index contributed by atoms with van der Waals surface area (Å²) in [4.78, 5) is 0. The van der Waals surface area contributed by atoms with Gasteiger partial charge in [0.2, 0.25) is 0 Å². The Morgan fingerprint density at radius 1 is 1.18 bits per heavy atom. The number of aliphatic hydroxyl groups excluding tert-OH is 1. The van der Waals surface area contributed by atoms with Crippen LogP contribution in [0, 0.1) is 0 Å². The summed E-state index contributed by atoms with van der Waals surface area (Å²) < 4.78 is 5.45. The third kappa shape index (κ3) is 5.71. The lowest BCUT2D eigenvalue weighted by Crippen LogP contribution is -2.08. The molecular formula is C14H23NO2. The SMILES string of the molecule is CCCCCCOCC(O)c1ccc(N)cc1. The van der Waals surface area contributed by atoms with E-state index in [2.05, 4.69) is 6.92 Å². The zero-order valence-electron chi connectivity index (χ0n) is 10.6. The van der Waals surface area contributed by atoms with Crippen LogP contribution in [0.3, 0.4) is 0 Å². The van der Waals surface area contributed by atoms with Gasteiger partial charge >= 0.3 is 0 Å². The number of benzene rings is 1. The van der Waals surface area contributed by atoms with Crippen molar-refractivity contribution in [1.82, 2.24) is 0 Å². The van der Waals surface area contributed by atoms with Gasteiger partial charge in [-0.15, -0.1) is 0 Å². The van der Waals surface area contributed by atoms with Crippen molar-refractivity contribution in [3.63, 3.8) is 0 Å². The predicted octanol–water partition coefficient (Wildman–Crippen LogP) is 2.90. The van der Waals surface area contributed by atoms with Crippen molar-refractivity contribution in [3.05, 3.63) is 29.8 Å². The zero-order valence-corrected chi connectivity index (χ0v) is 10.6. The van der Waals surface area contributed by atoms with Crippen molar-refractivity contribution < 1.29 is 9.84 Å². The van der Waals surface area contributed by atoms with Crippen LogP contribution in [0.4, 0.5) is 5.69 Å². The van der Waals surface area contributed by atoms with Crippen LogP contribution in [0.1, 0.15) is 44.3 Å². The van der Waals surface area contributed by atoms with Gasteiger partial charge in [0.15, 0.2) is 0 Å². The van der Waals surface area contributed by atoms with Gasteiger partial charge in [0.05, 0.1) is 6.61 Å². The molecule has 0 fully saturated rings. The predicted molar refractivity (Wildman–Crippen MR) is 70.8 cm³/mol. The zero-order chi connectivity index (χ0) is 12.5. The number of nitrogens with two attached hydrogens (primary N) is 1. The molecule has 0 amide bonds. The van der Waals surface area contributed by atoms with Gasteiger partial charge < -0.3 is 15.6 Å². The highest BCUT2D eigenvalue weighted by Crippen LogP contribution is 2.15. The Morgan fingerprint density at radius 3 is 2.53 bits per heavy atom. The van der Waals surface area contributed by atoms with Gasteiger partial charge in [-0.3, -0.25) is 0 Å². The summed E-state index contributed by atoms with van der Waals surface area (Å²) in [5.74, 6) is 0.